The summed E-state index contributed by atoms with van der Waals surface area (Å²) in [5, 5.41) is 2.23. The first kappa shape index (κ1) is 40.9. The quantitative estimate of drug-likeness (QED) is 0.0665. The zero-order valence-electron chi connectivity index (χ0n) is 28.8. The van der Waals surface area contributed by atoms with Crippen LogP contribution in [0.2, 0.25) is 0 Å². The summed E-state index contributed by atoms with van der Waals surface area (Å²) in [6.07, 6.45) is 3.50. The monoisotopic (exact) mass is 815 g/mol. The fourth-order valence-corrected chi connectivity index (χ4v) is 9.95. The van der Waals surface area contributed by atoms with Crippen LogP contribution in [0.5, 0.6) is 23.0 Å². The molecule has 0 fully saturated rings. The minimum Gasteiger partial charge on any atom is -0.496 e. The average molecular weight is 816 g/mol. The largest absolute Gasteiger partial charge is 0.496 e. The van der Waals surface area contributed by atoms with Gasteiger partial charge < -0.3 is 26.4 Å². The summed E-state index contributed by atoms with van der Waals surface area (Å²) in [5.74, 6) is 2.43. The molecular weight excluding hydrogens is 776 g/mol. The zero-order valence-corrected chi connectivity index (χ0v) is 32.2. The summed E-state index contributed by atoms with van der Waals surface area (Å²) < 4.78 is 59.2. The number of nitrogens with zero attached hydrogens (tertiary/aromatic N) is 1. The Labute approximate surface area is 315 Å². The molecule has 268 valence electrons. The van der Waals surface area contributed by atoms with E-state index in [2.05, 4.69) is 4.98 Å². The molecule has 0 amide bonds. The van der Waals surface area contributed by atoms with E-state index in [1.807, 2.05) is 103 Å². The van der Waals surface area contributed by atoms with E-state index in [0.717, 1.165) is 32.9 Å². The molecule has 51 heavy (non-hydrogen) atoms. The molecule has 0 bridgehead atoms. The summed E-state index contributed by atoms with van der Waals surface area (Å²) in [5.41, 5.74) is 3.11. The van der Waals surface area contributed by atoms with E-state index in [-0.39, 0.29) is 32.7 Å². The third kappa shape index (κ3) is 9.22. The molecule has 0 aliphatic rings. The van der Waals surface area contributed by atoms with Crippen LogP contribution in [0.3, 0.4) is 0 Å². The number of rotatable bonds is 10. The van der Waals surface area contributed by atoms with Crippen molar-refractivity contribution in [1.82, 2.24) is 4.98 Å². The standard InChI is InChI=1S/C34H31O7PS.C5H5N.CH3.Pd/c1-38-25-15-11-16-26(39-2)33(25)23-13-5-7-19-29(23)42(31-21-9-10-22-32(31)43(35,36)37)30-20-8-6-14-24(30)34-27(40-3)17-12-18-28(34)41-4;1-2-4-6-5-3-1;;/h5-22H,1-4H3,(H,35,36,37);1-5H;1H3;/q;;-1;/p+1. The molecule has 1 heterocycles. The van der Waals surface area contributed by atoms with E-state index < -0.39 is 18.0 Å². The normalized spacial score (nSPS) is 10.5. The van der Waals surface area contributed by atoms with Crippen molar-refractivity contribution in [3.8, 4) is 45.3 Å². The minimum atomic E-state index is -4.57. The van der Waals surface area contributed by atoms with Gasteiger partial charge in [0.25, 0.3) is 10.1 Å². The zero-order chi connectivity index (χ0) is 34.8. The maximum absolute atomic E-state index is 12.8. The topological polar surface area (TPSA) is 104 Å². The Morgan fingerprint density at radius 3 is 1.22 bits per heavy atom. The molecule has 0 saturated heterocycles. The second kappa shape index (κ2) is 19.2. The van der Waals surface area contributed by atoms with Crippen molar-refractivity contribution < 1.29 is 52.3 Å². The van der Waals surface area contributed by atoms with Gasteiger partial charge >= 0.3 is 0 Å². The van der Waals surface area contributed by atoms with Crippen LogP contribution in [0.15, 0.2) is 145 Å². The molecule has 1 aromatic heterocycles. The third-order valence-corrected chi connectivity index (χ3v) is 11.8. The van der Waals surface area contributed by atoms with Gasteiger partial charge in [-0.2, -0.15) is 8.42 Å². The number of pyridine rings is 1. The molecule has 6 rings (SSSR count). The predicted octanol–water partition coefficient (Wildman–Crippen LogP) is 7.32. The summed E-state index contributed by atoms with van der Waals surface area (Å²) >= 11 is 0. The summed E-state index contributed by atoms with van der Waals surface area (Å²) in [6, 6.07) is 39.1. The number of hydrogen-bond donors (Lipinski definition) is 1. The summed E-state index contributed by atoms with van der Waals surface area (Å²) in [7, 11) is -0.373. The van der Waals surface area contributed by atoms with Crippen LogP contribution in [0.25, 0.3) is 22.3 Å². The first-order chi connectivity index (χ1) is 23.8. The Balaban J connectivity index is 0.000000796. The van der Waals surface area contributed by atoms with Crippen LogP contribution in [-0.4, -0.2) is 46.4 Å². The smallest absolute Gasteiger partial charge is 0.298 e. The van der Waals surface area contributed by atoms with Crippen LogP contribution in [0, 0.1) is 7.43 Å². The number of benzene rings is 5. The maximum Gasteiger partial charge on any atom is 0.298 e. The molecule has 11 heteroatoms. The van der Waals surface area contributed by atoms with Crippen molar-refractivity contribution in [3.63, 3.8) is 0 Å². The van der Waals surface area contributed by atoms with E-state index in [9.17, 15) is 13.0 Å². The number of ether oxygens (including phenoxy) is 4. The van der Waals surface area contributed by atoms with Crippen LogP contribution < -0.4 is 34.9 Å². The second-order valence-corrected chi connectivity index (χ2v) is 14.3. The number of aromatic nitrogens is 1. The van der Waals surface area contributed by atoms with E-state index in [4.69, 9.17) is 18.9 Å². The van der Waals surface area contributed by atoms with Crippen molar-refractivity contribution in [3.05, 3.63) is 147 Å². The van der Waals surface area contributed by atoms with Gasteiger partial charge in [0.15, 0.2) is 0 Å². The SMILES string of the molecule is COc1cccc(OC)c1-c1ccccc1[PH+](c1ccccc1-c1c(OC)cccc1OC)c1ccccc1S(=O)(=O)O.[CH3-].[Pd].c1ccncc1. The van der Waals surface area contributed by atoms with Gasteiger partial charge in [-0.05, 0) is 60.7 Å². The molecule has 6 aromatic rings. The molecule has 8 nitrogen and oxygen atoms in total. The molecule has 0 aliphatic heterocycles. The van der Waals surface area contributed by atoms with Crippen LogP contribution in [0.1, 0.15) is 0 Å². The number of methoxy groups -OCH3 is 4. The maximum atomic E-state index is 12.8. The van der Waals surface area contributed by atoms with Crippen molar-refractivity contribution in [2.75, 3.05) is 28.4 Å². The molecule has 1 N–H and O–H groups in total. The van der Waals surface area contributed by atoms with E-state index >= 15 is 0 Å². The van der Waals surface area contributed by atoms with E-state index in [1.54, 1.807) is 59.0 Å². The van der Waals surface area contributed by atoms with Crippen molar-refractivity contribution in [2.24, 2.45) is 0 Å². The van der Waals surface area contributed by atoms with Crippen LogP contribution >= 0.6 is 7.92 Å². The van der Waals surface area contributed by atoms with E-state index in [1.165, 1.54) is 6.07 Å². The average Bonchev–Trinajstić information content (AvgIpc) is 3.15. The molecule has 0 saturated carbocycles. The van der Waals surface area contributed by atoms with Gasteiger partial charge in [0, 0.05) is 43.9 Å². The first-order valence-corrected chi connectivity index (χ1v) is 18.2. The van der Waals surface area contributed by atoms with Crippen molar-refractivity contribution in [2.45, 2.75) is 4.90 Å². The Kier molecular flexibility index (Phi) is 15.4. The fraction of sp³-hybridized carbons (Fsp3) is 0.100. The second-order valence-electron chi connectivity index (χ2n) is 10.5. The Morgan fingerprint density at radius 1 is 0.510 bits per heavy atom. The van der Waals surface area contributed by atoms with Gasteiger partial charge in [-0.15, -0.1) is 0 Å². The molecular formula is C40H40NO7PPdS. The first-order valence-electron chi connectivity index (χ1n) is 15.2. The molecule has 0 aliphatic carbocycles. The van der Waals surface area contributed by atoms with Gasteiger partial charge in [0.2, 0.25) is 0 Å². The van der Waals surface area contributed by atoms with Gasteiger partial charge in [0.05, 0.1) is 39.6 Å². The molecule has 0 unspecified atom stereocenters. The van der Waals surface area contributed by atoms with Gasteiger partial charge in [0.1, 0.15) is 51.7 Å². The molecule has 0 spiro atoms. The fourth-order valence-electron chi connectivity index (χ4n) is 5.72. The summed E-state index contributed by atoms with van der Waals surface area (Å²) in [4.78, 5) is 3.64. The van der Waals surface area contributed by atoms with Gasteiger partial charge in [-0.1, -0.05) is 66.7 Å². The predicted molar refractivity (Wildman–Crippen MR) is 204 cm³/mol. The Morgan fingerprint density at radius 2 is 0.882 bits per heavy atom. The molecule has 0 atom stereocenters. The third-order valence-electron chi connectivity index (χ3n) is 7.79. The van der Waals surface area contributed by atoms with Gasteiger partial charge in [-0.3, -0.25) is 9.54 Å². The van der Waals surface area contributed by atoms with Crippen molar-refractivity contribution >= 4 is 34.0 Å². The summed E-state index contributed by atoms with van der Waals surface area (Å²) in [6.45, 7) is 0. The number of hydrogen-bond acceptors (Lipinski definition) is 7. The van der Waals surface area contributed by atoms with Gasteiger partial charge in [-0.25, -0.2) is 0 Å². The minimum absolute atomic E-state index is 0. The Bertz CT molecular complexity index is 1960. The van der Waals surface area contributed by atoms with Crippen molar-refractivity contribution in [1.29, 1.82) is 0 Å². The van der Waals surface area contributed by atoms with Crippen LogP contribution in [0.4, 0.5) is 0 Å². The van der Waals surface area contributed by atoms with E-state index in [0.29, 0.717) is 28.3 Å². The Hall–Kier alpha value is -4.55. The van der Waals surface area contributed by atoms with Crippen LogP contribution in [-0.2, 0) is 30.5 Å². The molecule has 5 aromatic carbocycles. The molecule has 0 radical (unpaired) electrons.